The van der Waals surface area contributed by atoms with Gasteiger partial charge in [-0.2, -0.15) is 14.6 Å². The molecule has 1 aliphatic heterocycles. The van der Waals surface area contributed by atoms with Crippen LogP contribution in [0.25, 0.3) is 28.1 Å². The zero-order chi connectivity index (χ0) is 23.5. The maximum atomic E-state index is 14.3. The van der Waals surface area contributed by atoms with E-state index in [1.165, 1.54) is 0 Å². The molecule has 0 bridgehead atoms. The minimum absolute atomic E-state index is 0.444. The third-order valence-corrected chi connectivity index (χ3v) is 5.99. The van der Waals surface area contributed by atoms with E-state index in [9.17, 15) is 4.39 Å². The molecule has 0 saturated carbocycles. The lowest BCUT2D eigenvalue weighted by Crippen LogP contribution is -1.97. The van der Waals surface area contributed by atoms with Gasteiger partial charge < -0.3 is 0 Å². The molecule has 0 amide bonds. The highest BCUT2D eigenvalue weighted by molar-refractivity contribution is 6.32. The normalized spacial score (nSPS) is 14.1. The van der Waals surface area contributed by atoms with E-state index >= 15 is 0 Å². The van der Waals surface area contributed by atoms with Gasteiger partial charge in [-0.25, -0.2) is 0 Å². The van der Waals surface area contributed by atoms with Crippen LogP contribution in [-0.2, 0) is 0 Å². The van der Waals surface area contributed by atoms with Gasteiger partial charge in [-0.05, 0) is 69.3 Å². The van der Waals surface area contributed by atoms with Gasteiger partial charge in [0.25, 0.3) is 0 Å². The second kappa shape index (κ2) is 9.49. The zero-order valence-corrected chi connectivity index (χ0v) is 19.1. The summed E-state index contributed by atoms with van der Waals surface area (Å²) in [5.41, 5.74) is 7.22. The number of nitrogens with one attached hydrogen (secondary N) is 1. The summed E-state index contributed by atoms with van der Waals surface area (Å²) in [5.74, 6) is -0.454. The van der Waals surface area contributed by atoms with Crippen LogP contribution in [0.5, 0.6) is 0 Å². The van der Waals surface area contributed by atoms with Crippen LogP contribution in [0.3, 0.4) is 0 Å². The van der Waals surface area contributed by atoms with Gasteiger partial charge in [0.15, 0.2) is 0 Å². The molecule has 168 valence electrons. The third kappa shape index (κ3) is 4.30. The van der Waals surface area contributed by atoms with Crippen LogP contribution in [-0.4, -0.2) is 27.4 Å². The minimum Gasteiger partial charge on any atom is -0.263 e. The van der Waals surface area contributed by atoms with Crippen molar-refractivity contribution in [2.24, 2.45) is 15.4 Å². The number of nitrogens with zero attached hydrogens (tertiary/aromatic N) is 5. The number of halogens is 2. The second-order valence-electron chi connectivity index (χ2n) is 7.77. The van der Waals surface area contributed by atoms with Crippen molar-refractivity contribution >= 4 is 45.4 Å². The van der Waals surface area contributed by atoms with E-state index in [-0.39, 0.29) is 0 Å². The van der Waals surface area contributed by atoms with Gasteiger partial charge in [-0.3, -0.25) is 10.1 Å². The molecule has 6 nitrogen and oxygen atoms in total. The maximum Gasteiger partial charge on any atom is 0.216 e. The number of fused-ring (bicyclic) bond motifs is 1. The summed E-state index contributed by atoms with van der Waals surface area (Å²) in [4.78, 5) is 4.13. The number of pyridine rings is 1. The Labute approximate surface area is 200 Å². The van der Waals surface area contributed by atoms with E-state index < -0.39 is 5.95 Å². The maximum absolute atomic E-state index is 14.3. The molecule has 0 unspecified atom stereocenters. The van der Waals surface area contributed by atoms with Crippen molar-refractivity contribution in [2.75, 3.05) is 6.54 Å². The molecular formula is C26H20ClFN6. The lowest BCUT2D eigenvalue weighted by atomic mass is 9.87. The summed E-state index contributed by atoms with van der Waals surface area (Å²) in [5, 5.41) is 18.9. The monoisotopic (exact) mass is 470 g/mol. The molecule has 0 fully saturated rings. The number of aromatic nitrogens is 3. The standard InChI is InChI=1S/C26H20ClFN6/c1-2-20(21-11-12-29-15-23(21)27)25(18-8-10-24-22(13-18)26(28)33-32-24)17-6-3-16(4-7-17)5-9-19-14-30-34-31-19/h3-13,15H,2,14H2,1H3,(H,32,33)/b9-5+,25-20+. The van der Waals surface area contributed by atoms with Crippen LogP contribution < -0.4 is 0 Å². The molecular weight excluding hydrogens is 451 g/mol. The Morgan fingerprint density at radius 1 is 1.09 bits per heavy atom. The quantitative estimate of drug-likeness (QED) is 0.330. The predicted molar refractivity (Wildman–Crippen MR) is 134 cm³/mol. The molecule has 2 aromatic heterocycles. The van der Waals surface area contributed by atoms with Crippen LogP contribution in [0.2, 0.25) is 5.02 Å². The van der Waals surface area contributed by atoms with Crippen molar-refractivity contribution in [1.29, 1.82) is 0 Å². The van der Waals surface area contributed by atoms with Gasteiger partial charge in [0.2, 0.25) is 5.95 Å². The summed E-state index contributed by atoms with van der Waals surface area (Å²) >= 11 is 6.54. The van der Waals surface area contributed by atoms with E-state index in [4.69, 9.17) is 11.6 Å². The number of hydrogen-bond acceptors (Lipinski definition) is 5. The molecule has 0 spiro atoms. The Morgan fingerprint density at radius 2 is 1.91 bits per heavy atom. The van der Waals surface area contributed by atoms with Gasteiger partial charge in [-0.1, -0.05) is 54.9 Å². The molecule has 1 aliphatic rings. The predicted octanol–water partition coefficient (Wildman–Crippen LogP) is 6.95. The minimum atomic E-state index is -0.454. The fourth-order valence-corrected chi connectivity index (χ4v) is 4.27. The van der Waals surface area contributed by atoms with E-state index in [0.717, 1.165) is 45.5 Å². The van der Waals surface area contributed by atoms with Crippen molar-refractivity contribution in [2.45, 2.75) is 13.3 Å². The smallest absolute Gasteiger partial charge is 0.216 e. The van der Waals surface area contributed by atoms with Crippen LogP contribution in [0.1, 0.15) is 35.6 Å². The number of aromatic amines is 1. The van der Waals surface area contributed by atoms with Gasteiger partial charge in [-0.15, -0.1) is 5.10 Å². The summed E-state index contributed by atoms with van der Waals surface area (Å²) < 4.78 is 14.3. The Hall–Kier alpha value is -3.97. The molecule has 1 N–H and O–H groups in total. The number of allylic oxidation sites excluding steroid dienone is 1. The average molecular weight is 471 g/mol. The average Bonchev–Trinajstić information content (AvgIpc) is 3.52. The first kappa shape index (κ1) is 21.9. The molecule has 0 saturated heterocycles. The molecule has 4 aromatic rings. The first-order valence-electron chi connectivity index (χ1n) is 10.8. The molecule has 34 heavy (non-hydrogen) atoms. The number of hydrogen-bond donors (Lipinski definition) is 1. The largest absolute Gasteiger partial charge is 0.263 e. The van der Waals surface area contributed by atoms with E-state index in [2.05, 4.69) is 49.7 Å². The highest BCUT2D eigenvalue weighted by Gasteiger charge is 2.17. The van der Waals surface area contributed by atoms with E-state index in [1.54, 1.807) is 12.4 Å². The number of rotatable bonds is 6. The number of benzene rings is 2. The van der Waals surface area contributed by atoms with Crippen LogP contribution >= 0.6 is 11.6 Å². The first-order valence-corrected chi connectivity index (χ1v) is 11.2. The van der Waals surface area contributed by atoms with E-state index in [0.29, 0.717) is 22.5 Å². The Balaban J connectivity index is 1.64. The van der Waals surface area contributed by atoms with Crippen LogP contribution in [0.4, 0.5) is 4.39 Å². The second-order valence-corrected chi connectivity index (χ2v) is 8.18. The zero-order valence-electron chi connectivity index (χ0n) is 18.3. The first-order chi connectivity index (χ1) is 16.6. The molecule has 0 atom stereocenters. The van der Waals surface area contributed by atoms with Gasteiger partial charge >= 0.3 is 0 Å². The molecule has 8 heteroatoms. The van der Waals surface area contributed by atoms with Gasteiger partial charge in [0, 0.05) is 12.4 Å². The lowest BCUT2D eigenvalue weighted by Gasteiger charge is -2.17. The van der Waals surface area contributed by atoms with Gasteiger partial charge in [0.05, 0.1) is 21.6 Å². The SMILES string of the molecule is CC/C(=C(/c1ccc(/C=C/C2=NN=NC2)cc1)c1ccc2n[nH]c(F)c2c1)c1ccncc1Cl. The fourth-order valence-electron chi connectivity index (χ4n) is 4.04. The van der Waals surface area contributed by atoms with Crippen molar-refractivity contribution in [3.05, 3.63) is 100 Å². The summed E-state index contributed by atoms with van der Waals surface area (Å²) in [6.45, 7) is 2.58. The molecule has 0 radical (unpaired) electrons. The Morgan fingerprint density at radius 3 is 2.65 bits per heavy atom. The molecule has 0 aliphatic carbocycles. The Bertz CT molecular complexity index is 1480. The molecule has 5 rings (SSSR count). The van der Waals surface area contributed by atoms with Crippen LogP contribution in [0.15, 0.2) is 82.4 Å². The van der Waals surface area contributed by atoms with Crippen molar-refractivity contribution in [3.8, 4) is 0 Å². The molecule has 2 aromatic carbocycles. The van der Waals surface area contributed by atoms with E-state index in [1.807, 2.05) is 48.6 Å². The Kier molecular flexibility index (Phi) is 6.10. The van der Waals surface area contributed by atoms with Crippen LogP contribution in [0, 0.1) is 5.95 Å². The summed E-state index contributed by atoms with van der Waals surface area (Å²) in [7, 11) is 0. The number of H-pyrrole nitrogens is 1. The topological polar surface area (TPSA) is 78.6 Å². The molecule has 3 heterocycles. The fraction of sp³-hybridized carbons (Fsp3) is 0.115. The highest BCUT2D eigenvalue weighted by atomic mass is 35.5. The highest BCUT2D eigenvalue weighted by Crippen LogP contribution is 2.38. The van der Waals surface area contributed by atoms with Crippen molar-refractivity contribution < 1.29 is 4.39 Å². The van der Waals surface area contributed by atoms with Crippen molar-refractivity contribution in [1.82, 2.24) is 15.2 Å². The lowest BCUT2D eigenvalue weighted by molar-refractivity contribution is 0.588. The summed E-state index contributed by atoms with van der Waals surface area (Å²) in [6.07, 6.45) is 7.98. The van der Waals surface area contributed by atoms with Crippen molar-refractivity contribution in [3.63, 3.8) is 0 Å². The third-order valence-electron chi connectivity index (χ3n) is 5.69. The van der Waals surface area contributed by atoms with Gasteiger partial charge in [0.1, 0.15) is 6.54 Å². The summed E-state index contributed by atoms with van der Waals surface area (Å²) in [6, 6.07) is 15.7.